The molecule has 2 rings (SSSR count). The van der Waals surface area contributed by atoms with Crippen molar-refractivity contribution >= 4 is 11.6 Å². The molecule has 21 heavy (non-hydrogen) atoms. The van der Waals surface area contributed by atoms with Gasteiger partial charge in [0.2, 0.25) is 5.91 Å². The summed E-state index contributed by atoms with van der Waals surface area (Å²) in [6.07, 6.45) is 0.935. The normalized spacial score (nSPS) is 10.4. The van der Waals surface area contributed by atoms with Gasteiger partial charge >= 0.3 is 0 Å². The summed E-state index contributed by atoms with van der Waals surface area (Å²) < 4.78 is 0. The van der Waals surface area contributed by atoms with Crippen LogP contribution >= 0.6 is 0 Å². The summed E-state index contributed by atoms with van der Waals surface area (Å²) in [6, 6.07) is 16.1. The Balaban J connectivity index is 1.71. The number of benzene rings is 2. The van der Waals surface area contributed by atoms with Gasteiger partial charge in [-0.15, -0.1) is 0 Å². The van der Waals surface area contributed by atoms with E-state index in [1.165, 1.54) is 11.1 Å². The summed E-state index contributed by atoms with van der Waals surface area (Å²) in [5.41, 5.74) is 4.61. The van der Waals surface area contributed by atoms with Gasteiger partial charge in [0.25, 0.3) is 0 Å². The minimum absolute atomic E-state index is 0.00890. The lowest BCUT2D eigenvalue weighted by Gasteiger charge is -2.08. The van der Waals surface area contributed by atoms with Crippen LogP contribution in [0.5, 0.6) is 0 Å². The lowest BCUT2D eigenvalue weighted by atomic mass is 10.1. The molecule has 0 saturated carbocycles. The van der Waals surface area contributed by atoms with Gasteiger partial charge in [0.05, 0.1) is 6.54 Å². The Labute approximate surface area is 126 Å². The minimum Gasteiger partial charge on any atom is -0.325 e. The third-order valence-electron chi connectivity index (χ3n) is 3.42. The fraction of sp³-hybridized carbons (Fsp3) is 0.278. The molecule has 1 amide bonds. The maximum atomic E-state index is 11.8. The maximum absolute atomic E-state index is 11.8. The second-order valence-electron chi connectivity index (χ2n) is 5.27. The van der Waals surface area contributed by atoms with E-state index in [4.69, 9.17) is 0 Å². The molecule has 0 aliphatic rings. The highest BCUT2D eigenvalue weighted by molar-refractivity contribution is 5.92. The first-order chi connectivity index (χ1) is 10.1. The van der Waals surface area contributed by atoms with Crippen LogP contribution in [-0.4, -0.2) is 19.0 Å². The summed E-state index contributed by atoms with van der Waals surface area (Å²) in [6.45, 7) is 5.25. The lowest BCUT2D eigenvalue weighted by molar-refractivity contribution is -0.115. The molecule has 110 valence electrons. The zero-order valence-corrected chi connectivity index (χ0v) is 12.6. The molecule has 3 nitrogen and oxygen atoms in total. The largest absolute Gasteiger partial charge is 0.325 e. The second-order valence-corrected chi connectivity index (χ2v) is 5.27. The van der Waals surface area contributed by atoms with Crippen molar-refractivity contribution in [3.63, 3.8) is 0 Å². The molecule has 0 aliphatic heterocycles. The van der Waals surface area contributed by atoms with Gasteiger partial charge < -0.3 is 10.6 Å². The van der Waals surface area contributed by atoms with Gasteiger partial charge in [-0.1, -0.05) is 36.4 Å². The molecule has 0 radical (unpaired) electrons. The van der Waals surface area contributed by atoms with Gasteiger partial charge in [-0.05, 0) is 55.6 Å². The van der Waals surface area contributed by atoms with Crippen LogP contribution in [0.15, 0.2) is 48.5 Å². The third kappa shape index (κ3) is 5.04. The molecule has 0 aromatic heterocycles. The molecule has 0 atom stereocenters. The van der Waals surface area contributed by atoms with Crippen LogP contribution in [0, 0.1) is 13.8 Å². The van der Waals surface area contributed by atoms with E-state index in [0.29, 0.717) is 6.54 Å². The van der Waals surface area contributed by atoms with Gasteiger partial charge in [0.15, 0.2) is 0 Å². The molecule has 0 heterocycles. The standard InChI is InChI=1S/C18H22N2O/c1-14-6-5-9-17(12-14)20-18(21)13-19-11-10-16-8-4-3-7-15(16)2/h3-9,12,19H,10-11,13H2,1-2H3,(H,20,21). The fourth-order valence-corrected chi connectivity index (χ4v) is 2.24. The van der Waals surface area contributed by atoms with E-state index in [-0.39, 0.29) is 5.91 Å². The van der Waals surface area contributed by atoms with Crippen molar-refractivity contribution < 1.29 is 4.79 Å². The van der Waals surface area contributed by atoms with Crippen LogP contribution < -0.4 is 10.6 Å². The fourth-order valence-electron chi connectivity index (χ4n) is 2.24. The van der Waals surface area contributed by atoms with Crippen LogP contribution in [0.25, 0.3) is 0 Å². The van der Waals surface area contributed by atoms with Crippen LogP contribution in [0.2, 0.25) is 0 Å². The molecular weight excluding hydrogens is 260 g/mol. The van der Waals surface area contributed by atoms with Crippen molar-refractivity contribution in [2.75, 3.05) is 18.4 Å². The van der Waals surface area contributed by atoms with Gasteiger partial charge in [-0.2, -0.15) is 0 Å². The molecule has 2 N–H and O–H groups in total. The Morgan fingerprint density at radius 1 is 1.05 bits per heavy atom. The highest BCUT2D eigenvalue weighted by Gasteiger charge is 2.02. The van der Waals surface area contributed by atoms with E-state index < -0.39 is 0 Å². The van der Waals surface area contributed by atoms with Gasteiger partial charge in [-0.25, -0.2) is 0 Å². The molecule has 3 heteroatoms. The number of carbonyl (C=O) groups is 1. The van der Waals surface area contributed by atoms with Crippen LogP contribution in [0.1, 0.15) is 16.7 Å². The molecule has 2 aromatic carbocycles. The Hall–Kier alpha value is -2.13. The van der Waals surface area contributed by atoms with Crippen LogP contribution in [-0.2, 0) is 11.2 Å². The summed E-state index contributed by atoms with van der Waals surface area (Å²) in [7, 11) is 0. The number of amides is 1. The maximum Gasteiger partial charge on any atom is 0.238 e. The minimum atomic E-state index is -0.00890. The Morgan fingerprint density at radius 2 is 1.86 bits per heavy atom. The number of carbonyl (C=O) groups excluding carboxylic acids is 1. The average Bonchev–Trinajstić information content (AvgIpc) is 2.45. The first-order valence-electron chi connectivity index (χ1n) is 7.27. The van der Waals surface area contributed by atoms with Crippen molar-refractivity contribution in [2.24, 2.45) is 0 Å². The molecule has 0 saturated heterocycles. The number of anilines is 1. The SMILES string of the molecule is Cc1cccc(NC(=O)CNCCc2ccccc2C)c1. The van der Waals surface area contributed by atoms with Crippen molar-refractivity contribution in [2.45, 2.75) is 20.3 Å². The first-order valence-corrected chi connectivity index (χ1v) is 7.27. The van der Waals surface area contributed by atoms with Crippen molar-refractivity contribution in [3.8, 4) is 0 Å². The summed E-state index contributed by atoms with van der Waals surface area (Å²) in [4.78, 5) is 11.8. The molecule has 0 fully saturated rings. The van der Waals surface area contributed by atoms with E-state index in [1.54, 1.807) is 0 Å². The number of hydrogen-bond donors (Lipinski definition) is 2. The Bertz CT molecular complexity index is 608. The number of hydrogen-bond acceptors (Lipinski definition) is 2. The number of nitrogens with one attached hydrogen (secondary N) is 2. The Kier molecular flexibility index (Phi) is 5.52. The third-order valence-corrected chi connectivity index (χ3v) is 3.42. The summed E-state index contributed by atoms with van der Waals surface area (Å²) >= 11 is 0. The molecule has 0 unspecified atom stereocenters. The number of rotatable bonds is 6. The zero-order valence-electron chi connectivity index (χ0n) is 12.6. The van der Waals surface area contributed by atoms with E-state index in [2.05, 4.69) is 29.7 Å². The van der Waals surface area contributed by atoms with Crippen molar-refractivity contribution in [1.82, 2.24) is 5.32 Å². The topological polar surface area (TPSA) is 41.1 Å². The van der Waals surface area contributed by atoms with Gasteiger partial charge in [-0.3, -0.25) is 4.79 Å². The quantitative estimate of drug-likeness (QED) is 0.799. The molecular formula is C18H22N2O. The summed E-state index contributed by atoms with van der Waals surface area (Å²) in [5, 5.41) is 6.08. The monoisotopic (exact) mass is 282 g/mol. The van der Waals surface area contributed by atoms with E-state index in [0.717, 1.165) is 24.2 Å². The van der Waals surface area contributed by atoms with Gasteiger partial charge in [0.1, 0.15) is 0 Å². The number of aryl methyl sites for hydroxylation is 2. The molecule has 2 aromatic rings. The summed E-state index contributed by atoms with van der Waals surface area (Å²) in [5.74, 6) is -0.00890. The van der Waals surface area contributed by atoms with E-state index in [9.17, 15) is 4.79 Å². The molecule has 0 spiro atoms. The highest BCUT2D eigenvalue weighted by Crippen LogP contribution is 2.09. The average molecular weight is 282 g/mol. The van der Waals surface area contributed by atoms with E-state index >= 15 is 0 Å². The predicted molar refractivity (Wildman–Crippen MR) is 87.6 cm³/mol. The predicted octanol–water partition coefficient (Wildman–Crippen LogP) is 3.07. The van der Waals surface area contributed by atoms with Crippen LogP contribution in [0.3, 0.4) is 0 Å². The van der Waals surface area contributed by atoms with Crippen molar-refractivity contribution in [1.29, 1.82) is 0 Å². The highest BCUT2D eigenvalue weighted by atomic mass is 16.1. The molecule has 0 aliphatic carbocycles. The first kappa shape index (κ1) is 15.3. The van der Waals surface area contributed by atoms with E-state index in [1.807, 2.05) is 43.3 Å². The van der Waals surface area contributed by atoms with Crippen molar-refractivity contribution in [3.05, 3.63) is 65.2 Å². The Morgan fingerprint density at radius 3 is 2.62 bits per heavy atom. The zero-order chi connectivity index (χ0) is 15.1. The van der Waals surface area contributed by atoms with Crippen LogP contribution in [0.4, 0.5) is 5.69 Å². The van der Waals surface area contributed by atoms with Gasteiger partial charge in [0, 0.05) is 5.69 Å². The smallest absolute Gasteiger partial charge is 0.238 e. The second kappa shape index (κ2) is 7.60. The molecule has 0 bridgehead atoms. The lowest BCUT2D eigenvalue weighted by Crippen LogP contribution is -2.29.